The minimum absolute atomic E-state index is 0.173. The Morgan fingerprint density at radius 2 is 1.79 bits per heavy atom. The van der Waals surface area contributed by atoms with Crippen molar-refractivity contribution in [3.63, 3.8) is 0 Å². The van der Waals surface area contributed by atoms with E-state index in [4.69, 9.17) is 0 Å². The van der Waals surface area contributed by atoms with Gasteiger partial charge in [-0.25, -0.2) is 9.97 Å². The number of anilines is 3. The first kappa shape index (κ1) is 25.8. The standard InChI is InChI=1S/C31H31N7O/c1-3-24-11-12-27(20-29(24)36-31-33-15-13-28(35-31)26-6-5-14-32-21-26)34-30(39)25-9-7-23(8-10-25)22-38-18-16-37(4-2)17-19-38/h3-15,20-21H,1-2,16-19,22H2,(H,34,39)(H,33,35,36). The predicted molar refractivity (Wildman–Crippen MR) is 157 cm³/mol. The third-order valence-electron chi connectivity index (χ3n) is 6.68. The van der Waals surface area contributed by atoms with Gasteiger partial charge < -0.3 is 15.5 Å². The van der Waals surface area contributed by atoms with E-state index in [1.165, 1.54) is 5.56 Å². The fourth-order valence-corrected chi connectivity index (χ4v) is 4.46. The highest BCUT2D eigenvalue weighted by molar-refractivity contribution is 6.04. The SMILES string of the molecule is C=Cc1ccc(NC(=O)c2ccc(CN3CCN(C=C)CC3)cc2)cc1Nc1nccc(-c2cccnc2)n1. The fourth-order valence-electron chi connectivity index (χ4n) is 4.46. The smallest absolute Gasteiger partial charge is 0.255 e. The van der Waals surface area contributed by atoms with E-state index in [1.54, 1.807) is 24.7 Å². The maximum Gasteiger partial charge on any atom is 0.255 e. The van der Waals surface area contributed by atoms with Crippen LogP contribution in [0.25, 0.3) is 17.3 Å². The van der Waals surface area contributed by atoms with Crippen molar-refractivity contribution in [1.29, 1.82) is 0 Å². The molecule has 0 bridgehead atoms. The van der Waals surface area contributed by atoms with Crippen LogP contribution < -0.4 is 10.6 Å². The van der Waals surface area contributed by atoms with E-state index in [-0.39, 0.29) is 5.91 Å². The molecule has 2 aromatic heterocycles. The van der Waals surface area contributed by atoms with Crippen molar-refractivity contribution in [2.75, 3.05) is 36.8 Å². The molecule has 39 heavy (non-hydrogen) atoms. The van der Waals surface area contributed by atoms with Crippen LogP contribution in [0.1, 0.15) is 21.5 Å². The van der Waals surface area contributed by atoms with Gasteiger partial charge in [-0.1, -0.05) is 37.4 Å². The molecule has 8 nitrogen and oxygen atoms in total. The molecular formula is C31H31N7O. The van der Waals surface area contributed by atoms with Crippen LogP contribution in [0, 0.1) is 0 Å². The van der Waals surface area contributed by atoms with Crippen molar-refractivity contribution in [3.8, 4) is 11.3 Å². The lowest BCUT2D eigenvalue weighted by Crippen LogP contribution is -2.43. The summed E-state index contributed by atoms with van der Waals surface area (Å²) in [5, 5.41) is 6.26. The summed E-state index contributed by atoms with van der Waals surface area (Å²) in [6, 6.07) is 19.0. The zero-order valence-electron chi connectivity index (χ0n) is 21.8. The van der Waals surface area contributed by atoms with Crippen molar-refractivity contribution in [2.24, 2.45) is 0 Å². The second-order valence-electron chi connectivity index (χ2n) is 9.28. The summed E-state index contributed by atoms with van der Waals surface area (Å²) in [5.41, 5.74) is 5.70. The van der Waals surface area contributed by atoms with Gasteiger partial charge in [0.05, 0.1) is 11.4 Å². The average molecular weight is 518 g/mol. The first-order valence-corrected chi connectivity index (χ1v) is 12.9. The summed E-state index contributed by atoms with van der Waals surface area (Å²) in [6.07, 6.45) is 8.83. The van der Waals surface area contributed by atoms with E-state index in [0.717, 1.165) is 55.2 Å². The number of hydrogen-bond acceptors (Lipinski definition) is 7. The number of amides is 1. The summed E-state index contributed by atoms with van der Waals surface area (Å²) in [7, 11) is 0. The maximum absolute atomic E-state index is 13.0. The Morgan fingerprint density at radius 3 is 2.51 bits per heavy atom. The van der Waals surface area contributed by atoms with Gasteiger partial charge in [0, 0.05) is 68.1 Å². The van der Waals surface area contributed by atoms with Crippen LogP contribution in [0.15, 0.2) is 98.6 Å². The van der Waals surface area contributed by atoms with Crippen LogP contribution in [-0.2, 0) is 6.54 Å². The number of hydrogen-bond donors (Lipinski definition) is 2. The summed E-state index contributed by atoms with van der Waals surface area (Å²) >= 11 is 0. The third kappa shape index (κ3) is 6.55. The molecule has 0 radical (unpaired) electrons. The highest BCUT2D eigenvalue weighted by atomic mass is 16.1. The van der Waals surface area contributed by atoms with E-state index >= 15 is 0 Å². The molecule has 0 atom stereocenters. The third-order valence-corrected chi connectivity index (χ3v) is 6.68. The summed E-state index contributed by atoms with van der Waals surface area (Å²) in [6.45, 7) is 12.6. The summed E-state index contributed by atoms with van der Waals surface area (Å²) in [5.74, 6) is 0.262. The van der Waals surface area contributed by atoms with Crippen molar-refractivity contribution >= 4 is 29.3 Å². The average Bonchev–Trinajstić information content (AvgIpc) is 2.99. The van der Waals surface area contributed by atoms with Gasteiger partial charge in [-0.05, 0) is 59.8 Å². The number of carbonyl (C=O) groups excluding carboxylic acids is 1. The van der Waals surface area contributed by atoms with E-state index in [1.807, 2.05) is 66.9 Å². The quantitative estimate of drug-likeness (QED) is 0.306. The molecule has 0 unspecified atom stereocenters. The Bertz CT molecular complexity index is 1450. The molecule has 4 aromatic rings. The van der Waals surface area contributed by atoms with E-state index in [9.17, 15) is 4.79 Å². The minimum atomic E-state index is -0.173. The molecule has 1 aliphatic heterocycles. The number of piperazine rings is 1. The second kappa shape index (κ2) is 12.1. The molecule has 1 fully saturated rings. The first-order chi connectivity index (χ1) is 19.1. The summed E-state index contributed by atoms with van der Waals surface area (Å²) in [4.78, 5) is 30.8. The van der Waals surface area contributed by atoms with Gasteiger partial charge in [-0.3, -0.25) is 14.7 Å². The number of nitrogens with zero attached hydrogens (tertiary/aromatic N) is 5. The van der Waals surface area contributed by atoms with Crippen molar-refractivity contribution in [1.82, 2.24) is 24.8 Å². The Hall–Kier alpha value is -4.82. The first-order valence-electron chi connectivity index (χ1n) is 12.9. The molecule has 2 N–H and O–H groups in total. The molecule has 2 aromatic carbocycles. The van der Waals surface area contributed by atoms with E-state index in [0.29, 0.717) is 17.2 Å². The Morgan fingerprint density at radius 1 is 0.974 bits per heavy atom. The largest absolute Gasteiger partial charge is 0.375 e. The number of rotatable bonds is 9. The van der Waals surface area contributed by atoms with Crippen molar-refractivity contribution < 1.29 is 4.79 Å². The molecule has 196 valence electrons. The molecular weight excluding hydrogens is 486 g/mol. The van der Waals surface area contributed by atoms with Gasteiger partial charge in [-0.15, -0.1) is 0 Å². The van der Waals surface area contributed by atoms with Crippen LogP contribution in [-0.4, -0.2) is 56.8 Å². The van der Waals surface area contributed by atoms with E-state index < -0.39 is 0 Å². The van der Waals surface area contributed by atoms with Gasteiger partial charge in [0.1, 0.15) is 0 Å². The van der Waals surface area contributed by atoms with Gasteiger partial charge in [-0.2, -0.15) is 0 Å². The monoisotopic (exact) mass is 517 g/mol. The topological polar surface area (TPSA) is 86.3 Å². The lowest BCUT2D eigenvalue weighted by molar-refractivity contribution is 0.102. The lowest BCUT2D eigenvalue weighted by atomic mass is 10.1. The zero-order valence-corrected chi connectivity index (χ0v) is 21.8. The molecule has 1 saturated heterocycles. The van der Waals surface area contributed by atoms with Gasteiger partial charge >= 0.3 is 0 Å². The van der Waals surface area contributed by atoms with Crippen LogP contribution >= 0.6 is 0 Å². The van der Waals surface area contributed by atoms with Crippen LogP contribution in [0.3, 0.4) is 0 Å². The van der Waals surface area contributed by atoms with Gasteiger partial charge in [0.15, 0.2) is 0 Å². The lowest BCUT2D eigenvalue weighted by Gasteiger charge is -2.33. The van der Waals surface area contributed by atoms with Gasteiger partial charge in [0.25, 0.3) is 5.91 Å². The fraction of sp³-hybridized carbons (Fsp3) is 0.161. The highest BCUT2D eigenvalue weighted by Gasteiger charge is 2.15. The Balaban J connectivity index is 1.25. The molecule has 8 heteroatoms. The number of carbonyl (C=O) groups is 1. The van der Waals surface area contributed by atoms with Crippen LogP contribution in [0.5, 0.6) is 0 Å². The molecule has 1 aliphatic rings. The molecule has 3 heterocycles. The number of pyridine rings is 1. The maximum atomic E-state index is 13.0. The molecule has 0 aliphatic carbocycles. The molecule has 0 spiro atoms. The number of nitrogens with one attached hydrogen (secondary N) is 2. The van der Waals surface area contributed by atoms with E-state index in [2.05, 4.69) is 48.5 Å². The predicted octanol–water partition coefficient (Wildman–Crippen LogP) is 5.44. The molecule has 0 saturated carbocycles. The number of aromatic nitrogens is 3. The Kier molecular flexibility index (Phi) is 8.04. The van der Waals surface area contributed by atoms with Gasteiger partial charge in [0.2, 0.25) is 5.95 Å². The van der Waals surface area contributed by atoms with Crippen LogP contribution in [0.4, 0.5) is 17.3 Å². The summed E-state index contributed by atoms with van der Waals surface area (Å²) < 4.78 is 0. The van der Waals surface area contributed by atoms with Crippen molar-refractivity contribution in [3.05, 3.63) is 115 Å². The molecule has 1 amide bonds. The second-order valence-corrected chi connectivity index (χ2v) is 9.28. The highest BCUT2D eigenvalue weighted by Crippen LogP contribution is 2.26. The number of benzene rings is 2. The minimum Gasteiger partial charge on any atom is -0.375 e. The zero-order chi connectivity index (χ0) is 27.0. The molecule has 5 rings (SSSR count). The Labute approximate surface area is 228 Å². The van der Waals surface area contributed by atoms with Crippen molar-refractivity contribution in [2.45, 2.75) is 6.54 Å². The normalized spacial score (nSPS) is 13.5. The van der Waals surface area contributed by atoms with Crippen LogP contribution in [0.2, 0.25) is 0 Å².